The number of thioether (sulfide) groups is 1. The van der Waals surface area contributed by atoms with Gasteiger partial charge in [0.15, 0.2) is 0 Å². The standard InChI is InChI=1S/C10H19NO4S/c1-5-16-6-7(8(12)13)11-9(14)15-10(2,3)4/h7H,5-6H2,1-4H3,(H,11,14)(H,12,13). The highest BCUT2D eigenvalue weighted by atomic mass is 32.2. The van der Waals surface area contributed by atoms with E-state index in [2.05, 4.69) is 5.32 Å². The highest BCUT2D eigenvalue weighted by Crippen LogP contribution is 2.08. The van der Waals surface area contributed by atoms with Gasteiger partial charge in [-0.15, -0.1) is 0 Å². The van der Waals surface area contributed by atoms with Crippen LogP contribution in [-0.4, -0.2) is 40.3 Å². The van der Waals surface area contributed by atoms with Gasteiger partial charge in [0.05, 0.1) is 0 Å². The summed E-state index contributed by atoms with van der Waals surface area (Å²) in [4.78, 5) is 22.2. The van der Waals surface area contributed by atoms with E-state index in [1.807, 2.05) is 6.92 Å². The molecule has 0 aromatic carbocycles. The van der Waals surface area contributed by atoms with E-state index in [0.717, 1.165) is 5.75 Å². The number of ether oxygens (including phenoxy) is 1. The zero-order valence-corrected chi connectivity index (χ0v) is 10.9. The lowest BCUT2D eigenvalue weighted by molar-refractivity contribution is -0.138. The Morgan fingerprint density at radius 2 is 2.00 bits per heavy atom. The zero-order chi connectivity index (χ0) is 12.8. The summed E-state index contributed by atoms with van der Waals surface area (Å²) in [5.74, 6) is 0.0945. The molecule has 94 valence electrons. The van der Waals surface area contributed by atoms with Gasteiger partial charge in [-0.05, 0) is 26.5 Å². The Labute approximate surface area is 99.9 Å². The summed E-state index contributed by atoms with van der Waals surface area (Å²) in [6.45, 7) is 7.10. The van der Waals surface area contributed by atoms with Crippen LogP contribution in [0.4, 0.5) is 4.79 Å². The first-order valence-corrected chi connectivity index (χ1v) is 6.21. The van der Waals surface area contributed by atoms with Crippen LogP contribution in [0.3, 0.4) is 0 Å². The maximum atomic E-state index is 11.3. The Morgan fingerprint density at radius 3 is 2.38 bits per heavy atom. The highest BCUT2D eigenvalue weighted by Gasteiger charge is 2.23. The van der Waals surface area contributed by atoms with E-state index in [4.69, 9.17) is 9.84 Å². The molecule has 0 radical (unpaired) electrons. The van der Waals surface area contributed by atoms with Crippen molar-refractivity contribution in [3.8, 4) is 0 Å². The van der Waals surface area contributed by atoms with Crippen molar-refractivity contribution in [1.29, 1.82) is 0 Å². The number of carbonyl (C=O) groups is 2. The fourth-order valence-electron chi connectivity index (χ4n) is 0.860. The van der Waals surface area contributed by atoms with E-state index in [-0.39, 0.29) is 0 Å². The Morgan fingerprint density at radius 1 is 1.44 bits per heavy atom. The molecule has 0 aliphatic heterocycles. The molecule has 0 heterocycles. The molecule has 0 aliphatic rings. The predicted octanol–water partition coefficient (Wildman–Crippen LogP) is 1.72. The van der Waals surface area contributed by atoms with Crippen molar-refractivity contribution in [2.75, 3.05) is 11.5 Å². The van der Waals surface area contributed by atoms with E-state index in [9.17, 15) is 9.59 Å². The van der Waals surface area contributed by atoms with Crippen LogP contribution in [0, 0.1) is 0 Å². The Bertz CT molecular complexity index is 250. The van der Waals surface area contributed by atoms with Crippen LogP contribution in [0.2, 0.25) is 0 Å². The topological polar surface area (TPSA) is 75.6 Å². The van der Waals surface area contributed by atoms with Crippen molar-refractivity contribution < 1.29 is 19.4 Å². The molecule has 1 amide bonds. The fourth-order valence-corrected chi connectivity index (χ4v) is 1.56. The van der Waals surface area contributed by atoms with Gasteiger partial charge in [-0.2, -0.15) is 11.8 Å². The lowest BCUT2D eigenvalue weighted by atomic mass is 10.2. The van der Waals surface area contributed by atoms with Gasteiger partial charge in [0.25, 0.3) is 0 Å². The lowest BCUT2D eigenvalue weighted by Gasteiger charge is -2.21. The molecule has 1 atom stereocenters. The second-order valence-corrected chi connectivity index (χ2v) is 5.52. The summed E-state index contributed by atoms with van der Waals surface area (Å²) in [5, 5.41) is 11.2. The predicted molar refractivity (Wildman–Crippen MR) is 63.8 cm³/mol. The first-order chi connectivity index (χ1) is 7.26. The van der Waals surface area contributed by atoms with Crippen molar-refractivity contribution in [2.24, 2.45) is 0 Å². The normalized spacial score (nSPS) is 13.0. The number of carboxylic acid groups (broad SMARTS) is 1. The van der Waals surface area contributed by atoms with Gasteiger partial charge in [0, 0.05) is 5.75 Å². The molecular formula is C10H19NO4S. The molecule has 0 aromatic heterocycles. The summed E-state index contributed by atoms with van der Waals surface area (Å²) in [6, 6.07) is -0.903. The number of carbonyl (C=O) groups excluding carboxylic acids is 1. The van der Waals surface area contributed by atoms with E-state index in [1.54, 1.807) is 20.8 Å². The second-order valence-electron chi connectivity index (χ2n) is 4.20. The molecule has 16 heavy (non-hydrogen) atoms. The van der Waals surface area contributed by atoms with Crippen LogP contribution in [0.15, 0.2) is 0 Å². The summed E-state index contributed by atoms with van der Waals surface area (Å²) in [6.07, 6.45) is -0.698. The van der Waals surface area contributed by atoms with Gasteiger partial charge in [0.1, 0.15) is 11.6 Å². The van der Waals surface area contributed by atoms with Gasteiger partial charge in [-0.1, -0.05) is 6.92 Å². The molecule has 0 saturated heterocycles. The third-order valence-corrected chi connectivity index (χ3v) is 2.45. The molecule has 0 rings (SSSR count). The van der Waals surface area contributed by atoms with Crippen molar-refractivity contribution in [3.63, 3.8) is 0 Å². The largest absolute Gasteiger partial charge is 0.480 e. The van der Waals surface area contributed by atoms with E-state index in [0.29, 0.717) is 5.75 Å². The Kier molecular flexibility index (Phi) is 6.25. The number of nitrogens with one attached hydrogen (secondary N) is 1. The quantitative estimate of drug-likeness (QED) is 0.776. The molecule has 1 unspecified atom stereocenters. The minimum absolute atomic E-state index is 0.338. The monoisotopic (exact) mass is 249 g/mol. The molecule has 0 spiro atoms. The number of alkyl carbamates (subject to hydrolysis) is 1. The zero-order valence-electron chi connectivity index (χ0n) is 10.1. The Hall–Kier alpha value is -0.910. The molecule has 0 bridgehead atoms. The summed E-state index contributed by atoms with van der Waals surface area (Å²) >= 11 is 1.45. The van der Waals surface area contributed by atoms with Crippen LogP contribution in [0.5, 0.6) is 0 Å². The molecule has 6 heteroatoms. The van der Waals surface area contributed by atoms with Crippen molar-refractivity contribution in [2.45, 2.75) is 39.3 Å². The molecule has 2 N–H and O–H groups in total. The smallest absolute Gasteiger partial charge is 0.408 e. The van der Waals surface area contributed by atoms with Crippen LogP contribution >= 0.6 is 11.8 Å². The molecule has 0 aromatic rings. The Balaban J connectivity index is 4.19. The minimum atomic E-state index is -1.05. The maximum Gasteiger partial charge on any atom is 0.408 e. The third-order valence-electron chi connectivity index (χ3n) is 1.48. The van der Waals surface area contributed by atoms with E-state index >= 15 is 0 Å². The first kappa shape index (κ1) is 15.1. The number of amides is 1. The SMILES string of the molecule is CCSCC(NC(=O)OC(C)(C)C)C(=O)O. The van der Waals surface area contributed by atoms with Crippen molar-refractivity contribution >= 4 is 23.8 Å². The molecule has 0 fully saturated rings. The van der Waals surface area contributed by atoms with E-state index < -0.39 is 23.7 Å². The number of hydrogen-bond donors (Lipinski definition) is 2. The van der Waals surface area contributed by atoms with Gasteiger partial charge in [-0.3, -0.25) is 0 Å². The number of carboxylic acids is 1. The van der Waals surface area contributed by atoms with Gasteiger partial charge in [0.2, 0.25) is 0 Å². The van der Waals surface area contributed by atoms with Crippen LogP contribution in [0.25, 0.3) is 0 Å². The average Bonchev–Trinajstić information content (AvgIpc) is 2.08. The van der Waals surface area contributed by atoms with Crippen molar-refractivity contribution in [3.05, 3.63) is 0 Å². The molecule has 0 saturated carbocycles. The minimum Gasteiger partial charge on any atom is -0.480 e. The second kappa shape index (κ2) is 6.62. The summed E-state index contributed by atoms with van der Waals surface area (Å²) in [7, 11) is 0. The first-order valence-electron chi connectivity index (χ1n) is 5.06. The number of rotatable bonds is 5. The average molecular weight is 249 g/mol. The fraction of sp³-hybridized carbons (Fsp3) is 0.800. The van der Waals surface area contributed by atoms with Crippen LogP contribution < -0.4 is 5.32 Å². The van der Waals surface area contributed by atoms with Crippen molar-refractivity contribution in [1.82, 2.24) is 5.32 Å². The van der Waals surface area contributed by atoms with Gasteiger partial charge in [-0.25, -0.2) is 9.59 Å². The van der Waals surface area contributed by atoms with Gasteiger partial charge < -0.3 is 15.2 Å². The third kappa shape index (κ3) is 7.39. The maximum absolute atomic E-state index is 11.3. The van der Waals surface area contributed by atoms with Gasteiger partial charge >= 0.3 is 12.1 Å². The molecular weight excluding hydrogens is 230 g/mol. The van der Waals surface area contributed by atoms with Crippen LogP contribution in [-0.2, 0) is 9.53 Å². The number of aliphatic carboxylic acids is 1. The molecule has 0 aliphatic carbocycles. The molecule has 5 nitrogen and oxygen atoms in total. The summed E-state index contributed by atoms with van der Waals surface area (Å²) in [5.41, 5.74) is -0.620. The highest BCUT2D eigenvalue weighted by molar-refractivity contribution is 7.99. The van der Waals surface area contributed by atoms with Crippen LogP contribution in [0.1, 0.15) is 27.7 Å². The summed E-state index contributed by atoms with van der Waals surface area (Å²) < 4.78 is 4.98. The lowest BCUT2D eigenvalue weighted by Crippen LogP contribution is -2.44. The van der Waals surface area contributed by atoms with E-state index in [1.165, 1.54) is 11.8 Å². The number of hydrogen-bond acceptors (Lipinski definition) is 4.